The molecule has 1 saturated heterocycles. The van der Waals surface area contributed by atoms with E-state index in [1.807, 2.05) is 38.1 Å². The second kappa shape index (κ2) is 10.7. The molecular weight excluding hydrogens is 470 g/mol. The highest BCUT2D eigenvalue weighted by Gasteiger charge is 2.27. The van der Waals surface area contributed by atoms with Crippen LogP contribution in [-0.4, -0.2) is 56.0 Å². The summed E-state index contributed by atoms with van der Waals surface area (Å²) in [5.41, 5.74) is 1.93. The largest absolute Gasteiger partial charge is 0.379 e. The number of aromatic nitrogens is 1. The Labute approximate surface area is 204 Å². The molecule has 0 spiro atoms. The van der Waals surface area contributed by atoms with E-state index < -0.39 is 21.5 Å². The minimum Gasteiger partial charge on any atom is -0.379 e. The van der Waals surface area contributed by atoms with Gasteiger partial charge in [-0.25, -0.2) is 8.42 Å². The van der Waals surface area contributed by atoms with Gasteiger partial charge in [-0.15, -0.1) is 0 Å². The quantitative estimate of drug-likeness (QED) is 0.492. The second-order valence-electron chi connectivity index (χ2n) is 8.63. The van der Waals surface area contributed by atoms with E-state index in [1.165, 1.54) is 28.6 Å². The van der Waals surface area contributed by atoms with E-state index in [2.05, 4.69) is 10.3 Å². The number of carbonyl (C=O) groups excluding carboxylic acids is 1. The molecule has 1 fully saturated rings. The maximum atomic E-state index is 13.1. The normalized spacial score (nSPS) is 14.9. The lowest BCUT2D eigenvalue weighted by Crippen LogP contribution is -2.40. The van der Waals surface area contributed by atoms with Gasteiger partial charge in [-0.3, -0.25) is 9.59 Å². The zero-order valence-electron chi connectivity index (χ0n) is 19.7. The van der Waals surface area contributed by atoms with E-state index in [4.69, 9.17) is 9.47 Å². The van der Waals surface area contributed by atoms with Gasteiger partial charge in [0.1, 0.15) is 0 Å². The van der Waals surface area contributed by atoms with Gasteiger partial charge >= 0.3 is 0 Å². The number of hydrogen-bond acceptors (Lipinski definition) is 6. The molecule has 2 aromatic carbocycles. The summed E-state index contributed by atoms with van der Waals surface area (Å²) in [6.07, 6.45) is 0.111. The summed E-state index contributed by atoms with van der Waals surface area (Å²) in [6, 6.07) is 13.3. The highest BCUT2D eigenvalue weighted by Crippen LogP contribution is 2.23. The predicted octanol–water partition coefficient (Wildman–Crippen LogP) is 2.40. The van der Waals surface area contributed by atoms with Crippen LogP contribution in [0.3, 0.4) is 0 Å². The van der Waals surface area contributed by atoms with Gasteiger partial charge in [0.15, 0.2) is 0 Å². The van der Waals surface area contributed by atoms with Crippen LogP contribution in [0.4, 0.5) is 0 Å². The number of amides is 1. The zero-order chi connectivity index (χ0) is 25.0. The van der Waals surface area contributed by atoms with E-state index in [9.17, 15) is 18.0 Å². The van der Waals surface area contributed by atoms with Crippen LogP contribution in [0.2, 0.25) is 0 Å². The summed E-state index contributed by atoms with van der Waals surface area (Å²) in [5.74, 6) is -0.467. The van der Waals surface area contributed by atoms with E-state index in [0.717, 1.165) is 11.1 Å². The number of hydrogen-bond donors (Lipinski definition) is 2. The van der Waals surface area contributed by atoms with Crippen molar-refractivity contribution < 1.29 is 22.7 Å². The molecule has 0 bridgehead atoms. The molecule has 186 valence electrons. The minimum atomic E-state index is -3.76. The Morgan fingerprint density at radius 3 is 2.60 bits per heavy atom. The number of fused-ring (bicyclic) bond motifs is 1. The first-order valence-electron chi connectivity index (χ1n) is 11.5. The van der Waals surface area contributed by atoms with Crippen molar-refractivity contribution >= 4 is 26.8 Å². The Bertz CT molecular complexity index is 1380. The van der Waals surface area contributed by atoms with Crippen LogP contribution in [0.1, 0.15) is 35.3 Å². The predicted molar refractivity (Wildman–Crippen MR) is 132 cm³/mol. The van der Waals surface area contributed by atoms with Crippen molar-refractivity contribution in [1.29, 1.82) is 0 Å². The molecule has 0 atom stereocenters. The number of nitrogens with one attached hydrogen (secondary N) is 2. The fourth-order valence-corrected chi connectivity index (χ4v) is 5.32. The van der Waals surface area contributed by atoms with Crippen molar-refractivity contribution in [2.75, 3.05) is 26.3 Å². The van der Waals surface area contributed by atoms with Gasteiger partial charge in [-0.05, 0) is 43.2 Å². The third-order valence-electron chi connectivity index (χ3n) is 5.69. The van der Waals surface area contributed by atoms with Crippen molar-refractivity contribution in [3.63, 3.8) is 0 Å². The SMILES string of the molecule is CC(C)OCc1cccc(CNC(=O)c2cc(=O)[nH]c3ccc(S(=O)(=O)N4CCOCC4)cc23)c1. The highest BCUT2D eigenvalue weighted by atomic mass is 32.2. The molecule has 35 heavy (non-hydrogen) atoms. The first-order valence-corrected chi connectivity index (χ1v) is 12.9. The van der Waals surface area contributed by atoms with Gasteiger partial charge in [0.25, 0.3) is 5.91 Å². The van der Waals surface area contributed by atoms with Crippen molar-refractivity contribution in [2.45, 2.75) is 38.0 Å². The van der Waals surface area contributed by atoms with Crippen LogP contribution in [0, 0.1) is 0 Å². The number of pyridine rings is 1. The van der Waals surface area contributed by atoms with Crippen LogP contribution in [-0.2, 0) is 32.6 Å². The summed E-state index contributed by atoms with van der Waals surface area (Å²) in [6.45, 7) is 5.84. The monoisotopic (exact) mass is 499 g/mol. The van der Waals surface area contributed by atoms with Crippen LogP contribution < -0.4 is 10.9 Å². The highest BCUT2D eigenvalue weighted by molar-refractivity contribution is 7.89. The molecule has 4 rings (SSSR count). The summed E-state index contributed by atoms with van der Waals surface area (Å²) in [7, 11) is -3.76. The van der Waals surface area contributed by atoms with Crippen LogP contribution in [0.25, 0.3) is 10.9 Å². The van der Waals surface area contributed by atoms with Crippen molar-refractivity contribution in [3.05, 3.63) is 75.6 Å². The number of aromatic amines is 1. The number of benzene rings is 2. The van der Waals surface area contributed by atoms with Crippen molar-refractivity contribution in [1.82, 2.24) is 14.6 Å². The van der Waals surface area contributed by atoms with Gasteiger partial charge in [0.05, 0.1) is 36.4 Å². The van der Waals surface area contributed by atoms with Crippen LogP contribution >= 0.6 is 0 Å². The number of carbonyl (C=O) groups is 1. The smallest absolute Gasteiger partial charge is 0.252 e. The minimum absolute atomic E-state index is 0.0610. The fraction of sp³-hybridized carbons (Fsp3) is 0.360. The molecule has 0 unspecified atom stereocenters. The van der Waals surface area contributed by atoms with E-state index in [1.54, 1.807) is 0 Å². The zero-order valence-corrected chi connectivity index (χ0v) is 20.6. The first kappa shape index (κ1) is 25.1. The van der Waals surface area contributed by atoms with E-state index in [0.29, 0.717) is 30.7 Å². The summed E-state index contributed by atoms with van der Waals surface area (Å²) >= 11 is 0. The third-order valence-corrected chi connectivity index (χ3v) is 7.59. The molecule has 10 heteroatoms. The van der Waals surface area contributed by atoms with Crippen LogP contribution in [0.15, 0.2) is 58.2 Å². The number of rotatable bonds is 8. The number of H-pyrrole nitrogens is 1. The van der Waals surface area contributed by atoms with E-state index in [-0.39, 0.29) is 36.2 Å². The molecule has 3 aromatic rings. The average molecular weight is 500 g/mol. The molecule has 1 aliphatic rings. The molecule has 2 N–H and O–H groups in total. The van der Waals surface area contributed by atoms with Gasteiger partial charge in [-0.1, -0.05) is 24.3 Å². The van der Waals surface area contributed by atoms with Gasteiger partial charge in [-0.2, -0.15) is 4.31 Å². The summed E-state index contributed by atoms with van der Waals surface area (Å²) in [5, 5.41) is 3.20. The molecule has 0 aliphatic carbocycles. The second-order valence-corrected chi connectivity index (χ2v) is 10.6. The number of nitrogens with zero attached hydrogens (tertiary/aromatic N) is 1. The summed E-state index contributed by atoms with van der Waals surface area (Å²) < 4.78 is 38.5. The Balaban J connectivity index is 1.58. The van der Waals surface area contributed by atoms with Crippen LogP contribution in [0.5, 0.6) is 0 Å². The van der Waals surface area contributed by atoms with Gasteiger partial charge < -0.3 is 19.8 Å². The topological polar surface area (TPSA) is 118 Å². The molecular formula is C25H29N3O6S. The van der Waals surface area contributed by atoms with Gasteiger partial charge in [0, 0.05) is 36.6 Å². The van der Waals surface area contributed by atoms with E-state index >= 15 is 0 Å². The maximum absolute atomic E-state index is 13.1. The lowest BCUT2D eigenvalue weighted by molar-refractivity contribution is 0.0657. The third kappa shape index (κ3) is 5.96. The lowest BCUT2D eigenvalue weighted by Gasteiger charge is -2.26. The Kier molecular flexibility index (Phi) is 7.66. The maximum Gasteiger partial charge on any atom is 0.252 e. The van der Waals surface area contributed by atoms with Gasteiger partial charge in [0.2, 0.25) is 15.6 Å². The average Bonchev–Trinajstić information content (AvgIpc) is 2.86. The lowest BCUT2D eigenvalue weighted by atomic mass is 10.1. The molecule has 9 nitrogen and oxygen atoms in total. The summed E-state index contributed by atoms with van der Waals surface area (Å²) in [4.78, 5) is 28.0. The van der Waals surface area contributed by atoms with Crippen molar-refractivity contribution in [3.8, 4) is 0 Å². The number of morpholine rings is 1. The molecule has 1 aromatic heterocycles. The number of sulfonamides is 1. The van der Waals surface area contributed by atoms with Crippen molar-refractivity contribution in [2.24, 2.45) is 0 Å². The first-order chi connectivity index (χ1) is 16.7. The molecule has 0 saturated carbocycles. The Hall–Kier alpha value is -3.05. The Morgan fingerprint density at radius 2 is 1.86 bits per heavy atom. The standard InChI is InChI=1S/C25H29N3O6S/c1-17(2)34-16-19-5-3-4-18(12-19)15-26-25(30)22-14-24(29)27-23-7-6-20(13-21(22)23)35(31,32)28-8-10-33-11-9-28/h3-7,12-14,17H,8-11,15-16H2,1-2H3,(H,26,30)(H,27,29). The molecule has 1 amide bonds. The molecule has 2 heterocycles. The number of ether oxygens (including phenoxy) is 2. The molecule has 1 aliphatic heterocycles. The fourth-order valence-electron chi connectivity index (χ4n) is 3.89. The Morgan fingerprint density at radius 1 is 1.11 bits per heavy atom. The molecule has 0 radical (unpaired) electrons.